The van der Waals surface area contributed by atoms with Gasteiger partial charge in [0.15, 0.2) is 0 Å². The van der Waals surface area contributed by atoms with E-state index >= 15 is 0 Å². The lowest BCUT2D eigenvalue weighted by Crippen LogP contribution is -2.37. The smallest absolute Gasteiger partial charge is 0.254 e. The first-order chi connectivity index (χ1) is 12.5. The van der Waals surface area contributed by atoms with Crippen molar-refractivity contribution >= 4 is 29.1 Å². The van der Waals surface area contributed by atoms with Gasteiger partial charge in [0.25, 0.3) is 5.91 Å². The number of aryl methyl sites for hydroxylation is 1. The van der Waals surface area contributed by atoms with E-state index in [1.54, 1.807) is 17.0 Å². The quantitative estimate of drug-likeness (QED) is 0.787. The highest BCUT2D eigenvalue weighted by Crippen LogP contribution is 2.40. The molecule has 5 nitrogen and oxygen atoms in total. The maximum atomic E-state index is 12.8. The number of rotatable bonds is 6. The summed E-state index contributed by atoms with van der Waals surface area (Å²) in [5.41, 5.74) is 2.54. The molecule has 0 fully saturated rings. The third-order valence-corrected chi connectivity index (χ3v) is 4.55. The van der Waals surface area contributed by atoms with E-state index < -0.39 is 6.04 Å². The van der Waals surface area contributed by atoms with Crippen LogP contribution < -0.4 is 15.0 Å². The molecule has 6 heteroatoms. The van der Waals surface area contributed by atoms with Crippen LogP contribution in [0.1, 0.15) is 30.5 Å². The molecule has 136 valence electrons. The normalized spacial score (nSPS) is 15.7. The van der Waals surface area contributed by atoms with Crippen molar-refractivity contribution in [3.05, 3.63) is 58.6 Å². The second kappa shape index (κ2) is 7.79. The summed E-state index contributed by atoms with van der Waals surface area (Å²) in [5.74, 6) is 0.394. The Morgan fingerprint density at radius 2 is 2.04 bits per heavy atom. The zero-order valence-electron chi connectivity index (χ0n) is 14.8. The molecule has 3 rings (SSSR count). The van der Waals surface area contributed by atoms with E-state index in [-0.39, 0.29) is 11.8 Å². The standard InChI is InChI=1S/C20H21ClN2O3/c1-13-6-3-7-15(12-13)26-11-5-10-23-19-16(8-4-9-17(19)21)18(20(23)25)22-14(2)24/h3-4,6-9,12,18H,5,10-11H2,1-2H3,(H,22,24). The number of anilines is 1. The number of ether oxygens (including phenoxy) is 1. The van der Waals surface area contributed by atoms with Gasteiger partial charge in [0.1, 0.15) is 11.8 Å². The molecule has 0 spiro atoms. The minimum Gasteiger partial charge on any atom is -0.494 e. The first kappa shape index (κ1) is 18.3. The molecular weight excluding hydrogens is 352 g/mol. The van der Waals surface area contributed by atoms with Gasteiger partial charge in [-0.2, -0.15) is 0 Å². The fraction of sp³-hybridized carbons (Fsp3) is 0.300. The highest BCUT2D eigenvalue weighted by Gasteiger charge is 2.38. The number of carbonyl (C=O) groups is 2. The van der Waals surface area contributed by atoms with Gasteiger partial charge >= 0.3 is 0 Å². The predicted molar refractivity (Wildman–Crippen MR) is 102 cm³/mol. The summed E-state index contributed by atoms with van der Waals surface area (Å²) >= 11 is 6.32. The maximum Gasteiger partial charge on any atom is 0.254 e. The largest absolute Gasteiger partial charge is 0.494 e. The van der Waals surface area contributed by atoms with Crippen LogP contribution in [-0.2, 0) is 9.59 Å². The molecule has 0 aromatic heterocycles. The van der Waals surface area contributed by atoms with Gasteiger partial charge in [0.05, 0.1) is 17.3 Å². The van der Waals surface area contributed by atoms with Crippen molar-refractivity contribution in [1.82, 2.24) is 5.32 Å². The first-order valence-electron chi connectivity index (χ1n) is 8.53. The number of hydrogen-bond acceptors (Lipinski definition) is 3. The molecule has 0 aliphatic carbocycles. The van der Waals surface area contributed by atoms with Crippen molar-refractivity contribution in [2.45, 2.75) is 26.3 Å². The maximum absolute atomic E-state index is 12.8. The van der Waals surface area contributed by atoms with Gasteiger partial charge in [-0.25, -0.2) is 0 Å². The van der Waals surface area contributed by atoms with E-state index in [0.29, 0.717) is 30.3 Å². The number of nitrogens with zero attached hydrogens (tertiary/aromatic N) is 1. The SMILES string of the molecule is CC(=O)NC1C(=O)N(CCCOc2cccc(C)c2)c2c(Cl)cccc21. The lowest BCUT2D eigenvalue weighted by molar-refractivity contribution is -0.126. The minimum atomic E-state index is -0.682. The average Bonchev–Trinajstić information content (AvgIpc) is 2.85. The van der Waals surface area contributed by atoms with Crippen molar-refractivity contribution in [1.29, 1.82) is 0 Å². The summed E-state index contributed by atoms with van der Waals surface area (Å²) in [4.78, 5) is 25.9. The summed E-state index contributed by atoms with van der Waals surface area (Å²) in [5, 5.41) is 3.21. The zero-order chi connectivity index (χ0) is 18.7. The molecule has 1 aliphatic rings. The van der Waals surface area contributed by atoms with E-state index in [1.165, 1.54) is 6.92 Å². The van der Waals surface area contributed by atoms with Crippen LogP contribution in [0.4, 0.5) is 5.69 Å². The number of carbonyl (C=O) groups excluding carboxylic acids is 2. The molecule has 26 heavy (non-hydrogen) atoms. The highest BCUT2D eigenvalue weighted by molar-refractivity contribution is 6.34. The number of amides is 2. The number of fused-ring (bicyclic) bond motifs is 1. The Balaban J connectivity index is 1.68. The second-order valence-electron chi connectivity index (χ2n) is 6.32. The van der Waals surface area contributed by atoms with Gasteiger partial charge in [-0.05, 0) is 37.1 Å². The van der Waals surface area contributed by atoms with Crippen LogP contribution >= 0.6 is 11.6 Å². The monoisotopic (exact) mass is 372 g/mol. The lowest BCUT2D eigenvalue weighted by atomic mass is 10.1. The molecule has 0 radical (unpaired) electrons. The molecule has 2 amide bonds. The van der Waals surface area contributed by atoms with Gasteiger partial charge in [0.2, 0.25) is 5.91 Å². The van der Waals surface area contributed by atoms with Crippen molar-refractivity contribution in [2.75, 3.05) is 18.1 Å². The van der Waals surface area contributed by atoms with Crippen LogP contribution in [0.2, 0.25) is 5.02 Å². The summed E-state index contributed by atoms with van der Waals surface area (Å²) in [7, 11) is 0. The third-order valence-electron chi connectivity index (χ3n) is 4.24. The molecule has 1 N–H and O–H groups in total. The summed E-state index contributed by atoms with van der Waals surface area (Å²) in [6.45, 7) is 4.36. The fourth-order valence-electron chi connectivity index (χ4n) is 3.13. The van der Waals surface area contributed by atoms with E-state index in [0.717, 1.165) is 16.9 Å². The fourth-order valence-corrected chi connectivity index (χ4v) is 3.42. The molecule has 0 saturated heterocycles. The van der Waals surface area contributed by atoms with Crippen LogP contribution in [0, 0.1) is 6.92 Å². The van der Waals surface area contributed by atoms with E-state index in [4.69, 9.17) is 16.3 Å². The topological polar surface area (TPSA) is 58.6 Å². The van der Waals surface area contributed by atoms with E-state index in [2.05, 4.69) is 5.32 Å². The van der Waals surface area contributed by atoms with E-state index in [1.807, 2.05) is 37.3 Å². The average molecular weight is 373 g/mol. The molecule has 2 aromatic rings. The van der Waals surface area contributed by atoms with Crippen molar-refractivity contribution in [3.63, 3.8) is 0 Å². The Morgan fingerprint density at radius 1 is 1.27 bits per heavy atom. The highest BCUT2D eigenvalue weighted by atomic mass is 35.5. The van der Waals surface area contributed by atoms with Crippen molar-refractivity contribution in [2.24, 2.45) is 0 Å². The molecule has 1 heterocycles. The van der Waals surface area contributed by atoms with Crippen molar-refractivity contribution < 1.29 is 14.3 Å². The zero-order valence-corrected chi connectivity index (χ0v) is 15.5. The molecule has 0 saturated carbocycles. The van der Waals surface area contributed by atoms with Crippen LogP contribution in [0.3, 0.4) is 0 Å². The summed E-state index contributed by atoms with van der Waals surface area (Å²) in [6.07, 6.45) is 0.650. The number of para-hydroxylation sites is 1. The molecule has 1 aliphatic heterocycles. The number of nitrogens with one attached hydrogen (secondary N) is 1. The molecule has 1 unspecified atom stereocenters. The number of hydrogen-bond donors (Lipinski definition) is 1. The van der Waals surface area contributed by atoms with Gasteiger partial charge in [0, 0.05) is 19.0 Å². The van der Waals surface area contributed by atoms with Crippen LogP contribution in [0.15, 0.2) is 42.5 Å². The molecule has 2 aromatic carbocycles. The van der Waals surface area contributed by atoms with E-state index in [9.17, 15) is 9.59 Å². The number of halogens is 1. The summed E-state index contributed by atoms with van der Waals surface area (Å²) < 4.78 is 5.75. The van der Waals surface area contributed by atoms with Crippen LogP contribution in [-0.4, -0.2) is 25.0 Å². The molecular formula is C20H21ClN2O3. The van der Waals surface area contributed by atoms with Gasteiger partial charge in [-0.1, -0.05) is 35.9 Å². The predicted octanol–water partition coefficient (Wildman–Crippen LogP) is 3.64. The van der Waals surface area contributed by atoms with Gasteiger partial charge < -0.3 is 15.0 Å². The Bertz CT molecular complexity index is 838. The van der Waals surface area contributed by atoms with Gasteiger partial charge in [-0.15, -0.1) is 0 Å². The first-order valence-corrected chi connectivity index (χ1v) is 8.91. The Morgan fingerprint density at radius 3 is 2.77 bits per heavy atom. The Kier molecular flexibility index (Phi) is 5.47. The summed E-state index contributed by atoms with van der Waals surface area (Å²) in [6, 6.07) is 12.5. The van der Waals surface area contributed by atoms with Crippen molar-refractivity contribution in [3.8, 4) is 5.75 Å². The Hall–Kier alpha value is -2.53. The lowest BCUT2D eigenvalue weighted by Gasteiger charge is -2.19. The van der Waals surface area contributed by atoms with Gasteiger partial charge in [-0.3, -0.25) is 9.59 Å². The Labute approximate surface area is 157 Å². The second-order valence-corrected chi connectivity index (χ2v) is 6.73. The van der Waals surface area contributed by atoms with Crippen LogP contribution in [0.25, 0.3) is 0 Å². The minimum absolute atomic E-state index is 0.168. The third kappa shape index (κ3) is 3.83. The molecule has 1 atom stereocenters. The van der Waals surface area contributed by atoms with Crippen LogP contribution in [0.5, 0.6) is 5.75 Å². The molecule has 0 bridgehead atoms. The number of benzene rings is 2.